The molecule has 0 aromatic heterocycles. The molecule has 0 fully saturated rings. The van der Waals surface area contributed by atoms with E-state index in [1.165, 1.54) is 0 Å². The number of rotatable bonds is 12. The minimum absolute atomic E-state index is 0.116. The van der Waals surface area contributed by atoms with Crippen molar-refractivity contribution in [3.63, 3.8) is 0 Å². The van der Waals surface area contributed by atoms with Gasteiger partial charge in [0.1, 0.15) is 23.1 Å². The molecule has 0 aliphatic carbocycles. The van der Waals surface area contributed by atoms with Crippen LogP contribution in [0.1, 0.15) is 84.0 Å². The molecule has 7 heteroatoms. The van der Waals surface area contributed by atoms with E-state index in [2.05, 4.69) is 10.6 Å². The summed E-state index contributed by atoms with van der Waals surface area (Å²) < 4.78 is 11.5. The van der Waals surface area contributed by atoms with Crippen LogP contribution in [0.2, 0.25) is 0 Å². The Balaban J connectivity index is 1.75. The van der Waals surface area contributed by atoms with Crippen molar-refractivity contribution < 1.29 is 23.9 Å². The average Bonchev–Trinajstić information content (AvgIpc) is 2.96. The van der Waals surface area contributed by atoms with Crippen molar-refractivity contribution in [2.24, 2.45) is 11.3 Å². The molecule has 3 rings (SSSR count). The summed E-state index contributed by atoms with van der Waals surface area (Å²) >= 11 is 0. The van der Waals surface area contributed by atoms with Crippen molar-refractivity contribution in [3.05, 3.63) is 102 Å². The highest BCUT2D eigenvalue weighted by Gasteiger charge is 2.35. The molecule has 3 aromatic rings. The highest BCUT2D eigenvalue weighted by Crippen LogP contribution is 2.27. The molecule has 0 saturated carbocycles. The fourth-order valence-electron chi connectivity index (χ4n) is 4.80. The van der Waals surface area contributed by atoms with E-state index in [0.29, 0.717) is 0 Å². The van der Waals surface area contributed by atoms with E-state index < -0.39 is 28.9 Å². The van der Waals surface area contributed by atoms with E-state index in [1.54, 1.807) is 20.8 Å². The third kappa shape index (κ3) is 11.6. The molecule has 0 radical (unpaired) electrons. The summed E-state index contributed by atoms with van der Waals surface area (Å²) in [5.74, 6) is -0.348. The molecular formula is C38H48N2O5. The third-order valence-corrected chi connectivity index (χ3v) is 7.18. The molecule has 7 nitrogen and oxygen atoms in total. The summed E-state index contributed by atoms with van der Waals surface area (Å²) in [7, 11) is 0. The molecule has 2 amide bonds. The smallest absolute Gasteiger partial charge is 0.307 e. The van der Waals surface area contributed by atoms with Crippen LogP contribution < -0.4 is 15.4 Å². The van der Waals surface area contributed by atoms with E-state index in [-0.39, 0.29) is 30.7 Å². The maximum absolute atomic E-state index is 13.7. The molecule has 0 aliphatic heterocycles. The quantitative estimate of drug-likeness (QED) is 0.203. The Kier molecular flexibility index (Phi) is 12.1. The second-order valence-corrected chi connectivity index (χ2v) is 13.5. The van der Waals surface area contributed by atoms with E-state index in [9.17, 15) is 14.4 Å². The van der Waals surface area contributed by atoms with Crippen LogP contribution in [0.15, 0.2) is 84.9 Å². The first-order chi connectivity index (χ1) is 21.1. The van der Waals surface area contributed by atoms with Crippen molar-refractivity contribution in [2.75, 3.05) is 0 Å². The van der Waals surface area contributed by atoms with Crippen molar-refractivity contribution >= 4 is 23.9 Å². The number of carbonyl (C=O) groups is 3. The normalized spacial score (nSPS) is 13.9. The van der Waals surface area contributed by atoms with Crippen LogP contribution in [-0.4, -0.2) is 29.4 Å². The Morgan fingerprint density at radius 3 is 2.02 bits per heavy atom. The molecule has 0 bridgehead atoms. The van der Waals surface area contributed by atoms with Crippen LogP contribution in [0.5, 0.6) is 11.5 Å². The van der Waals surface area contributed by atoms with Gasteiger partial charge in [-0.05, 0) is 87.4 Å². The van der Waals surface area contributed by atoms with Gasteiger partial charge in [-0.3, -0.25) is 14.4 Å². The van der Waals surface area contributed by atoms with Crippen LogP contribution in [0.25, 0.3) is 6.08 Å². The van der Waals surface area contributed by atoms with Gasteiger partial charge in [-0.1, -0.05) is 87.5 Å². The van der Waals surface area contributed by atoms with Gasteiger partial charge in [-0.2, -0.15) is 0 Å². The fraction of sp³-hybridized carbons (Fsp3) is 0.395. The minimum Gasteiger partial charge on any atom is -0.460 e. The average molecular weight is 613 g/mol. The maximum Gasteiger partial charge on any atom is 0.307 e. The molecule has 45 heavy (non-hydrogen) atoms. The van der Waals surface area contributed by atoms with Gasteiger partial charge in [-0.15, -0.1) is 0 Å². The zero-order valence-electron chi connectivity index (χ0n) is 27.8. The SMILES string of the molecule is Cc1cc(C=CC[C@H](CC(=O)OC(C)(C)C)C(=O)N[C@H](C(=O)N[C@H](C)c2ccccc2)C(C)(C)C)ccc1Oc1ccccc1. The van der Waals surface area contributed by atoms with Gasteiger partial charge in [-0.25, -0.2) is 0 Å². The number of carbonyl (C=O) groups excluding carboxylic acids is 3. The monoisotopic (exact) mass is 612 g/mol. The zero-order chi connectivity index (χ0) is 33.2. The maximum atomic E-state index is 13.7. The number of para-hydroxylation sites is 1. The summed E-state index contributed by atoms with van der Waals surface area (Å²) in [5.41, 5.74) is 1.60. The number of ether oxygens (including phenoxy) is 2. The van der Waals surface area contributed by atoms with Crippen molar-refractivity contribution in [1.82, 2.24) is 10.6 Å². The van der Waals surface area contributed by atoms with Gasteiger partial charge in [0.2, 0.25) is 11.8 Å². The third-order valence-electron chi connectivity index (χ3n) is 7.18. The molecule has 0 saturated heterocycles. The topological polar surface area (TPSA) is 93.7 Å². The first-order valence-corrected chi connectivity index (χ1v) is 15.5. The number of esters is 1. The predicted molar refractivity (Wildman–Crippen MR) is 180 cm³/mol. The number of aryl methyl sites for hydroxylation is 1. The van der Waals surface area contributed by atoms with Crippen molar-refractivity contribution in [2.45, 2.75) is 85.9 Å². The Morgan fingerprint density at radius 2 is 1.44 bits per heavy atom. The number of nitrogens with one attached hydrogen (secondary N) is 2. The standard InChI is InChI=1S/C38H48N2O5/c1-26-24-28(22-23-32(26)44-31-20-13-10-14-21-31)16-15-19-30(25-33(41)45-38(6,7)8)35(42)40-34(37(3,4)5)36(43)39-27(2)29-17-11-9-12-18-29/h9-18,20-24,27,30,34H,19,25H2,1-8H3,(H,39,43)(H,40,42)/t27-,30-,34-/m1/s1. The largest absolute Gasteiger partial charge is 0.460 e. The number of benzene rings is 3. The highest BCUT2D eigenvalue weighted by molar-refractivity contribution is 5.91. The van der Waals surface area contributed by atoms with Gasteiger partial charge in [0.15, 0.2) is 0 Å². The van der Waals surface area contributed by atoms with Crippen LogP contribution in [0.4, 0.5) is 0 Å². The lowest BCUT2D eigenvalue weighted by molar-refractivity contribution is -0.157. The van der Waals surface area contributed by atoms with E-state index in [0.717, 1.165) is 28.2 Å². The highest BCUT2D eigenvalue weighted by atomic mass is 16.6. The molecule has 2 N–H and O–H groups in total. The summed E-state index contributed by atoms with van der Waals surface area (Å²) in [5, 5.41) is 6.00. The second-order valence-electron chi connectivity index (χ2n) is 13.5. The number of allylic oxidation sites excluding steroid dienone is 1. The van der Waals surface area contributed by atoms with Gasteiger partial charge < -0.3 is 20.1 Å². The Morgan fingerprint density at radius 1 is 0.822 bits per heavy atom. The zero-order valence-corrected chi connectivity index (χ0v) is 27.8. The van der Waals surface area contributed by atoms with Crippen LogP contribution in [-0.2, 0) is 19.1 Å². The fourth-order valence-corrected chi connectivity index (χ4v) is 4.80. The van der Waals surface area contributed by atoms with Crippen molar-refractivity contribution in [3.8, 4) is 11.5 Å². The van der Waals surface area contributed by atoms with Gasteiger partial charge in [0.05, 0.1) is 18.4 Å². The summed E-state index contributed by atoms with van der Waals surface area (Å²) in [6.45, 7) is 15.0. The number of hydrogen-bond acceptors (Lipinski definition) is 5. The van der Waals surface area contributed by atoms with Crippen LogP contribution in [0, 0.1) is 18.3 Å². The Hall–Kier alpha value is -4.39. The molecule has 0 unspecified atom stereocenters. The van der Waals surface area contributed by atoms with Gasteiger partial charge >= 0.3 is 5.97 Å². The van der Waals surface area contributed by atoms with E-state index >= 15 is 0 Å². The first-order valence-electron chi connectivity index (χ1n) is 15.5. The molecule has 240 valence electrons. The van der Waals surface area contributed by atoms with Gasteiger partial charge in [0, 0.05) is 0 Å². The molecular weight excluding hydrogens is 564 g/mol. The lowest BCUT2D eigenvalue weighted by Crippen LogP contribution is -2.55. The molecule has 3 atom stereocenters. The molecule has 0 spiro atoms. The molecule has 3 aromatic carbocycles. The second kappa shape index (κ2) is 15.6. The summed E-state index contributed by atoms with van der Waals surface area (Å²) in [4.78, 5) is 40.0. The van der Waals surface area contributed by atoms with Crippen molar-refractivity contribution in [1.29, 1.82) is 0 Å². The first kappa shape index (κ1) is 35.1. The Bertz CT molecular complexity index is 1450. The lowest BCUT2D eigenvalue weighted by atomic mass is 9.85. The lowest BCUT2D eigenvalue weighted by Gasteiger charge is -2.32. The molecule has 0 heterocycles. The summed E-state index contributed by atoms with van der Waals surface area (Å²) in [6.07, 6.45) is 3.97. The van der Waals surface area contributed by atoms with Gasteiger partial charge in [0.25, 0.3) is 0 Å². The number of hydrogen-bond donors (Lipinski definition) is 2. The predicted octanol–water partition coefficient (Wildman–Crippen LogP) is 7.95. The minimum atomic E-state index is -0.818. The van der Waals surface area contributed by atoms with E-state index in [4.69, 9.17) is 9.47 Å². The van der Waals surface area contributed by atoms with Crippen LogP contribution in [0.3, 0.4) is 0 Å². The van der Waals surface area contributed by atoms with E-state index in [1.807, 2.05) is 126 Å². The number of amides is 2. The summed E-state index contributed by atoms with van der Waals surface area (Å²) in [6, 6.07) is 24.1. The molecule has 0 aliphatic rings. The van der Waals surface area contributed by atoms with Crippen LogP contribution >= 0.6 is 0 Å². The Labute approximate surface area is 268 Å².